The first kappa shape index (κ1) is 21.2. The van der Waals surface area contributed by atoms with Gasteiger partial charge < -0.3 is 13.9 Å². The Morgan fingerprint density at radius 3 is 2.40 bits per heavy atom. The molecule has 30 heavy (non-hydrogen) atoms. The van der Waals surface area contributed by atoms with Crippen molar-refractivity contribution in [3.05, 3.63) is 11.6 Å². The van der Waals surface area contributed by atoms with Gasteiger partial charge in [-0.2, -0.15) is 5.26 Å². The molecule has 0 aromatic carbocycles. The van der Waals surface area contributed by atoms with Gasteiger partial charge in [0.25, 0.3) is 0 Å². The molecule has 3 saturated carbocycles. The van der Waals surface area contributed by atoms with Crippen LogP contribution in [-0.2, 0) is 13.9 Å². The normalized spacial score (nSPS) is 47.2. The van der Waals surface area contributed by atoms with Gasteiger partial charge in [-0.05, 0) is 81.3 Å². The van der Waals surface area contributed by atoms with E-state index in [4.69, 9.17) is 13.9 Å². The van der Waals surface area contributed by atoms with Crippen molar-refractivity contribution >= 4 is 8.32 Å². The minimum atomic E-state index is -1.81. The Hall–Kier alpha value is -0.673. The molecule has 0 bridgehead atoms. The lowest BCUT2D eigenvalue weighted by Gasteiger charge is -2.59. The highest BCUT2D eigenvalue weighted by atomic mass is 28.4. The summed E-state index contributed by atoms with van der Waals surface area (Å²) in [6, 6.07) is 2.73. The maximum absolute atomic E-state index is 10.3. The second kappa shape index (κ2) is 6.67. The van der Waals surface area contributed by atoms with Crippen LogP contribution < -0.4 is 0 Å². The number of nitrogens with zero attached hydrogens (tertiary/aromatic N) is 1. The Balaban J connectivity index is 1.45. The molecule has 166 valence electrons. The molecule has 0 amide bonds. The van der Waals surface area contributed by atoms with Crippen molar-refractivity contribution in [1.29, 1.82) is 5.26 Å². The zero-order chi connectivity index (χ0) is 21.4. The Labute approximate surface area is 183 Å². The smallest absolute Gasteiger partial charge is 0.185 e. The first-order chi connectivity index (χ1) is 14.1. The Morgan fingerprint density at radius 1 is 1.03 bits per heavy atom. The molecule has 5 aliphatic rings. The van der Waals surface area contributed by atoms with Crippen LogP contribution in [-0.4, -0.2) is 32.9 Å². The SMILES string of the molecule is C[C@@]12CCC3(CC1=CC[C@H]1[C@H]2CC[C@]2(C)[C@@H]1CC[C@]2(C#N)O[Si](C)(C)C)OCCO3. The van der Waals surface area contributed by atoms with E-state index in [-0.39, 0.29) is 16.6 Å². The van der Waals surface area contributed by atoms with Gasteiger partial charge in [0.2, 0.25) is 0 Å². The molecular formula is C25H39NO3Si. The predicted octanol–water partition coefficient (Wildman–Crippen LogP) is 5.81. The number of rotatable bonds is 2. The molecule has 1 saturated heterocycles. The topological polar surface area (TPSA) is 51.5 Å². The van der Waals surface area contributed by atoms with Gasteiger partial charge in [-0.1, -0.05) is 25.5 Å². The lowest BCUT2D eigenvalue weighted by molar-refractivity contribution is -0.186. The molecule has 5 heteroatoms. The van der Waals surface area contributed by atoms with Crippen LogP contribution in [0.2, 0.25) is 19.6 Å². The summed E-state index contributed by atoms with van der Waals surface area (Å²) in [6.07, 6.45) is 11.2. The number of hydrogen-bond acceptors (Lipinski definition) is 4. The average molecular weight is 430 g/mol. The second-order valence-electron chi connectivity index (χ2n) is 12.2. The second-order valence-corrected chi connectivity index (χ2v) is 16.6. The fraction of sp³-hybridized carbons (Fsp3) is 0.880. The number of ether oxygens (including phenoxy) is 2. The number of allylic oxidation sites excluding steroid dienone is 1. The lowest BCUT2D eigenvalue weighted by Crippen LogP contribution is -2.57. The maximum Gasteiger partial charge on any atom is 0.185 e. The van der Waals surface area contributed by atoms with Gasteiger partial charge in [0.05, 0.1) is 19.3 Å². The molecule has 0 aromatic heterocycles. The van der Waals surface area contributed by atoms with Gasteiger partial charge in [0, 0.05) is 18.3 Å². The third-order valence-electron chi connectivity index (χ3n) is 9.70. The van der Waals surface area contributed by atoms with E-state index < -0.39 is 13.9 Å². The van der Waals surface area contributed by atoms with Crippen molar-refractivity contribution in [2.24, 2.45) is 28.6 Å². The molecular weight excluding hydrogens is 390 g/mol. The van der Waals surface area contributed by atoms with Crippen LogP contribution in [0.15, 0.2) is 11.6 Å². The third-order valence-corrected chi connectivity index (χ3v) is 10.7. The van der Waals surface area contributed by atoms with Gasteiger partial charge in [-0.15, -0.1) is 0 Å². The average Bonchev–Trinajstić information content (AvgIpc) is 3.24. The van der Waals surface area contributed by atoms with E-state index in [1.807, 2.05) is 0 Å². The van der Waals surface area contributed by atoms with E-state index in [1.165, 1.54) is 6.42 Å². The van der Waals surface area contributed by atoms with Crippen molar-refractivity contribution in [3.8, 4) is 6.07 Å². The van der Waals surface area contributed by atoms with Gasteiger partial charge >= 0.3 is 0 Å². The number of fused-ring (bicyclic) bond motifs is 5. The summed E-state index contributed by atoms with van der Waals surface area (Å²) in [7, 11) is -1.81. The fourth-order valence-corrected chi connectivity index (χ4v) is 9.67. The predicted molar refractivity (Wildman–Crippen MR) is 119 cm³/mol. The molecule has 4 nitrogen and oxygen atoms in total. The van der Waals surface area contributed by atoms with Gasteiger partial charge in [-0.25, -0.2) is 0 Å². The summed E-state index contributed by atoms with van der Waals surface area (Å²) in [6.45, 7) is 13.1. The molecule has 6 atom stereocenters. The monoisotopic (exact) mass is 429 g/mol. The highest BCUT2D eigenvalue weighted by Gasteiger charge is 2.66. The molecule has 0 radical (unpaired) electrons. The van der Waals surface area contributed by atoms with E-state index in [1.54, 1.807) is 5.57 Å². The van der Waals surface area contributed by atoms with Gasteiger partial charge in [-0.3, -0.25) is 0 Å². The summed E-state index contributed by atoms with van der Waals surface area (Å²) >= 11 is 0. The molecule has 0 aromatic rings. The first-order valence-corrected chi connectivity index (χ1v) is 15.6. The number of hydrogen-bond donors (Lipinski definition) is 0. The molecule has 4 aliphatic carbocycles. The quantitative estimate of drug-likeness (QED) is 0.411. The summed E-state index contributed by atoms with van der Waals surface area (Å²) in [5.41, 5.74) is 1.25. The lowest BCUT2D eigenvalue weighted by atomic mass is 9.47. The van der Waals surface area contributed by atoms with Gasteiger partial charge in [0.1, 0.15) is 5.60 Å². The summed E-state index contributed by atoms with van der Waals surface area (Å²) in [4.78, 5) is 0. The van der Waals surface area contributed by atoms with Crippen molar-refractivity contribution < 1.29 is 13.9 Å². The molecule has 0 unspecified atom stereocenters. The molecule has 1 aliphatic heterocycles. The maximum atomic E-state index is 10.3. The molecule has 5 rings (SSSR count). The Bertz CT molecular complexity index is 791. The summed E-state index contributed by atoms with van der Waals surface area (Å²) in [5, 5.41) is 10.3. The van der Waals surface area contributed by atoms with E-state index in [0.717, 1.165) is 64.1 Å². The first-order valence-electron chi connectivity index (χ1n) is 12.2. The Kier molecular flexibility index (Phi) is 4.71. The van der Waals surface area contributed by atoms with Crippen molar-refractivity contribution in [2.45, 2.75) is 96.2 Å². The zero-order valence-electron chi connectivity index (χ0n) is 19.6. The highest BCUT2D eigenvalue weighted by molar-refractivity contribution is 6.69. The van der Waals surface area contributed by atoms with E-state index >= 15 is 0 Å². The highest BCUT2D eigenvalue weighted by Crippen LogP contribution is 2.68. The third kappa shape index (κ3) is 2.86. The van der Waals surface area contributed by atoms with E-state index in [0.29, 0.717) is 11.8 Å². The Morgan fingerprint density at radius 2 is 1.73 bits per heavy atom. The van der Waals surface area contributed by atoms with Crippen LogP contribution >= 0.6 is 0 Å². The van der Waals surface area contributed by atoms with E-state index in [9.17, 15) is 5.26 Å². The van der Waals surface area contributed by atoms with Crippen LogP contribution in [0.25, 0.3) is 0 Å². The van der Waals surface area contributed by atoms with Crippen LogP contribution in [0.4, 0.5) is 0 Å². The summed E-state index contributed by atoms with van der Waals surface area (Å²) < 4.78 is 18.9. The minimum Gasteiger partial charge on any atom is -0.399 e. The zero-order valence-corrected chi connectivity index (χ0v) is 20.6. The largest absolute Gasteiger partial charge is 0.399 e. The van der Waals surface area contributed by atoms with E-state index in [2.05, 4.69) is 45.6 Å². The molecule has 1 spiro atoms. The van der Waals surface area contributed by atoms with Crippen LogP contribution in [0.3, 0.4) is 0 Å². The minimum absolute atomic E-state index is 0.0154. The standard InChI is InChI=1S/C25H39NO3Si/c1-22-12-13-25(27-14-15-28-25)16-18(22)6-7-19-20(22)8-10-23(2)21(19)9-11-24(23,17-26)29-30(3,4)5/h6,19-21H,7-16H2,1-5H3/t19-,20+,21+,22+,23+,24+/m0/s1. The molecule has 0 N–H and O–H groups in total. The molecule has 1 heterocycles. The van der Waals surface area contributed by atoms with Crippen molar-refractivity contribution in [3.63, 3.8) is 0 Å². The van der Waals surface area contributed by atoms with Crippen molar-refractivity contribution in [2.75, 3.05) is 13.2 Å². The van der Waals surface area contributed by atoms with Crippen molar-refractivity contribution in [1.82, 2.24) is 0 Å². The summed E-state index contributed by atoms with van der Waals surface area (Å²) in [5.74, 6) is 1.65. The number of nitriles is 1. The van der Waals surface area contributed by atoms with Crippen LogP contribution in [0.1, 0.15) is 65.2 Å². The van der Waals surface area contributed by atoms with Crippen LogP contribution in [0.5, 0.6) is 0 Å². The molecule has 4 fully saturated rings. The van der Waals surface area contributed by atoms with Crippen LogP contribution in [0, 0.1) is 39.9 Å². The fourth-order valence-electron chi connectivity index (χ4n) is 8.24. The van der Waals surface area contributed by atoms with Gasteiger partial charge in [0.15, 0.2) is 14.1 Å².